The second-order valence-electron chi connectivity index (χ2n) is 6.17. The van der Waals surface area contributed by atoms with Gasteiger partial charge in [0.05, 0.1) is 6.42 Å². The van der Waals surface area contributed by atoms with E-state index in [9.17, 15) is 14.0 Å². The summed E-state index contributed by atoms with van der Waals surface area (Å²) >= 11 is 1.43. The van der Waals surface area contributed by atoms with Gasteiger partial charge in [0.15, 0.2) is 6.61 Å². The van der Waals surface area contributed by atoms with E-state index in [1.807, 2.05) is 30.5 Å². The minimum absolute atomic E-state index is 0.185. The molecule has 1 heterocycles. The van der Waals surface area contributed by atoms with Crippen LogP contribution in [0.2, 0.25) is 0 Å². The van der Waals surface area contributed by atoms with Gasteiger partial charge in [-0.25, -0.2) is 4.39 Å². The molecule has 0 aliphatic carbocycles. The highest BCUT2D eigenvalue weighted by atomic mass is 32.2. The van der Waals surface area contributed by atoms with E-state index in [0.29, 0.717) is 18.7 Å². The van der Waals surface area contributed by atoms with Gasteiger partial charge in [-0.3, -0.25) is 9.59 Å². The highest BCUT2D eigenvalue weighted by Gasteiger charge is 2.08. The third-order valence-electron chi connectivity index (χ3n) is 4.14. The van der Waals surface area contributed by atoms with Gasteiger partial charge in [-0.05, 0) is 42.3 Å². The fourth-order valence-electron chi connectivity index (χ4n) is 2.73. The predicted molar refractivity (Wildman–Crippen MR) is 108 cm³/mol. The summed E-state index contributed by atoms with van der Waals surface area (Å²) in [5.74, 6) is -0.535. The summed E-state index contributed by atoms with van der Waals surface area (Å²) < 4.78 is 17.8. The van der Waals surface area contributed by atoms with Crippen molar-refractivity contribution in [2.24, 2.45) is 0 Å². The Morgan fingerprint density at radius 3 is 2.71 bits per heavy atom. The molecular weight excluding hydrogens is 379 g/mol. The zero-order chi connectivity index (χ0) is 19.8. The van der Waals surface area contributed by atoms with Crippen LogP contribution in [0.4, 0.5) is 4.39 Å². The molecule has 2 N–H and O–H groups in total. The van der Waals surface area contributed by atoms with Crippen molar-refractivity contribution < 1.29 is 18.7 Å². The average Bonchev–Trinajstić information content (AvgIpc) is 3.11. The fraction of sp³-hybridized carbons (Fsp3) is 0.238. The van der Waals surface area contributed by atoms with E-state index in [4.69, 9.17) is 4.74 Å². The van der Waals surface area contributed by atoms with Crippen molar-refractivity contribution in [2.45, 2.75) is 17.7 Å². The lowest BCUT2D eigenvalue weighted by molar-refractivity contribution is -0.148. The number of carbonyl (C=O) groups is 2. The third-order valence-corrected chi connectivity index (χ3v) is 5.16. The van der Waals surface area contributed by atoms with E-state index in [1.165, 1.54) is 23.9 Å². The molecule has 0 saturated carbocycles. The number of benzene rings is 2. The standard InChI is InChI=1S/C21H21FN2O3S/c22-16-5-7-17(8-6-16)28-12-10-21(26)27-14-20(25)23-11-9-15-13-24-19-4-2-1-3-18(15)19/h1-8,13,24H,9-12,14H2,(H,23,25). The zero-order valence-electron chi connectivity index (χ0n) is 15.2. The molecule has 1 amide bonds. The number of nitrogens with one attached hydrogen (secondary N) is 2. The fourth-order valence-corrected chi connectivity index (χ4v) is 3.56. The monoisotopic (exact) mass is 400 g/mol. The Morgan fingerprint density at radius 2 is 1.89 bits per heavy atom. The lowest BCUT2D eigenvalue weighted by Crippen LogP contribution is -2.30. The molecule has 0 radical (unpaired) electrons. The number of H-pyrrole nitrogens is 1. The molecule has 0 aliphatic rings. The van der Waals surface area contributed by atoms with Crippen molar-refractivity contribution >= 4 is 34.5 Å². The van der Waals surface area contributed by atoms with Gasteiger partial charge < -0.3 is 15.0 Å². The summed E-state index contributed by atoms with van der Waals surface area (Å²) in [5, 5.41) is 3.90. The van der Waals surface area contributed by atoms with E-state index in [1.54, 1.807) is 12.1 Å². The molecule has 3 aromatic rings. The Bertz CT molecular complexity index is 940. The summed E-state index contributed by atoms with van der Waals surface area (Å²) in [6.45, 7) is 0.187. The molecule has 0 saturated heterocycles. The molecule has 5 nitrogen and oxygen atoms in total. The maximum Gasteiger partial charge on any atom is 0.307 e. The van der Waals surface area contributed by atoms with Crippen LogP contribution in [0, 0.1) is 5.82 Å². The van der Waals surface area contributed by atoms with Gasteiger partial charge in [-0.1, -0.05) is 18.2 Å². The molecule has 146 valence electrons. The number of fused-ring (bicyclic) bond motifs is 1. The summed E-state index contributed by atoms with van der Waals surface area (Å²) in [6, 6.07) is 14.1. The second-order valence-corrected chi connectivity index (χ2v) is 7.34. The van der Waals surface area contributed by atoms with E-state index in [0.717, 1.165) is 21.4 Å². The first-order valence-electron chi connectivity index (χ1n) is 8.97. The molecule has 3 rings (SSSR count). The van der Waals surface area contributed by atoms with Crippen LogP contribution in [0.15, 0.2) is 59.6 Å². The van der Waals surface area contributed by atoms with Gasteiger partial charge in [0.1, 0.15) is 5.82 Å². The number of halogens is 1. The topological polar surface area (TPSA) is 71.2 Å². The number of esters is 1. The molecule has 0 atom stereocenters. The van der Waals surface area contributed by atoms with Crippen LogP contribution in [-0.4, -0.2) is 35.8 Å². The molecule has 28 heavy (non-hydrogen) atoms. The van der Waals surface area contributed by atoms with Crippen LogP contribution in [0.1, 0.15) is 12.0 Å². The summed E-state index contributed by atoms with van der Waals surface area (Å²) in [7, 11) is 0. The SMILES string of the molecule is O=C(COC(=O)CCSc1ccc(F)cc1)NCCc1c[nH]c2ccccc12. The van der Waals surface area contributed by atoms with E-state index < -0.39 is 5.97 Å². The summed E-state index contributed by atoms with van der Waals surface area (Å²) in [4.78, 5) is 27.6. The molecule has 2 aromatic carbocycles. The van der Waals surface area contributed by atoms with Gasteiger partial charge in [0.25, 0.3) is 5.91 Å². The van der Waals surface area contributed by atoms with Crippen LogP contribution in [0.25, 0.3) is 10.9 Å². The molecular formula is C21H21FN2O3S. The molecule has 7 heteroatoms. The van der Waals surface area contributed by atoms with E-state index in [-0.39, 0.29) is 24.8 Å². The number of aromatic amines is 1. The highest BCUT2D eigenvalue weighted by molar-refractivity contribution is 7.99. The van der Waals surface area contributed by atoms with Crippen molar-refractivity contribution in [1.82, 2.24) is 10.3 Å². The first-order valence-corrected chi connectivity index (χ1v) is 9.96. The van der Waals surface area contributed by atoms with Crippen molar-refractivity contribution in [3.05, 3.63) is 66.1 Å². The van der Waals surface area contributed by atoms with Crippen LogP contribution in [-0.2, 0) is 20.7 Å². The first kappa shape index (κ1) is 19.9. The van der Waals surface area contributed by atoms with Crippen LogP contribution in [0.5, 0.6) is 0 Å². The first-order chi connectivity index (χ1) is 13.6. The Labute approximate surface area is 166 Å². The maximum absolute atomic E-state index is 12.8. The lowest BCUT2D eigenvalue weighted by atomic mass is 10.1. The number of ether oxygens (including phenoxy) is 1. The number of aromatic nitrogens is 1. The number of hydrogen-bond donors (Lipinski definition) is 2. The molecule has 0 spiro atoms. The Hall–Kier alpha value is -2.80. The van der Waals surface area contributed by atoms with Gasteiger partial charge in [-0.15, -0.1) is 11.8 Å². The summed E-state index contributed by atoms with van der Waals surface area (Å²) in [5.41, 5.74) is 2.20. The number of rotatable bonds is 9. The number of hydrogen-bond acceptors (Lipinski definition) is 4. The number of carbonyl (C=O) groups excluding carboxylic acids is 2. The molecule has 0 unspecified atom stereocenters. The lowest BCUT2D eigenvalue weighted by Gasteiger charge is -2.06. The quantitative estimate of drug-likeness (QED) is 0.425. The average molecular weight is 400 g/mol. The van der Waals surface area contributed by atoms with Gasteiger partial charge >= 0.3 is 5.97 Å². The normalized spacial score (nSPS) is 10.8. The van der Waals surface area contributed by atoms with Gasteiger partial charge in [0, 0.05) is 34.3 Å². The van der Waals surface area contributed by atoms with Gasteiger partial charge in [0.2, 0.25) is 0 Å². The Balaban J connectivity index is 1.30. The minimum atomic E-state index is -0.429. The zero-order valence-corrected chi connectivity index (χ0v) is 16.1. The Morgan fingerprint density at radius 1 is 1.11 bits per heavy atom. The van der Waals surface area contributed by atoms with Crippen molar-refractivity contribution in [3.8, 4) is 0 Å². The van der Waals surface area contributed by atoms with Crippen LogP contribution in [0.3, 0.4) is 0 Å². The summed E-state index contributed by atoms with van der Waals surface area (Å²) in [6.07, 6.45) is 2.82. The molecule has 0 aliphatic heterocycles. The Kier molecular flexibility index (Phi) is 7.08. The van der Waals surface area contributed by atoms with E-state index >= 15 is 0 Å². The number of amides is 1. The highest BCUT2D eigenvalue weighted by Crippen LogP contribution is 2.19. The maximum atomic E-state index is 12.8. The number of para-hydroxylation sites is 1. The third kappa shape index (κ3) is 5.85. The van der Waals surface area contributed by atoms with E-state index in [2.05, 4.69) is 10.3 Å². The second kappa shape index (κ2) is 9.94. The van der Waals surface area contributed by atoms with Crippen molar-refractivity contribution in [3.63, 3.8) is 0 Å². The van der Waals surface area contributed by atoms with Gasteiger partial charge in [-0.2, -0.15) is 0 Å². The molecule has 0 bridgehead atoms. The van der Waals surface area contributed by atoms with Crippen molar-refractivity contribution in [1.29, 1.82) is 0 Å². The largest absolute Gasteiger partial charge is 0.456 e. The smallest absolute Gasteiger partial charge is 0.307 e. The van der Waals surface area contributed by atoms with Crippen LogP contribution >= 0.6 is 11.8 Å². The predicted octanol–water partition coefficient (Wildman–Crippen LogP) is 3.69. The van der Waals surface area contributed by atoms with Crippen molar-refractivity contribution in [2.75, 3.05) is 18.9 Å². The van der Waals surface area contributed by atoms with Crippen LogP contribution < -0.4 is 5.32 Å². The molecule has 0 fully saturated rings. The molecule has 1 aromatic heterocycles. The minimum Gasteiger partial charge on any atom is -0.456 e. The number of thioether (sulfide) groups is 1.